The standard InChI is InChI=1S/C15H19ClN4O/c1-3-7-20(11-12-9-17-19(2)10-12)15(21)18-14-6-4-5-13(16)8-14/h4-6,8-10H,3,7,11H2,1-2H3,(H,18,21). The lowest BCUT2D eigenvalue weighted by atomic mass is 10.3. The second-order valence-corrected chi connectivity index (χ2v) is 5.32. The molecule has 0 aliphatic heterocycles. The molecule has 0 atom stereocenters. The molecule has 0 fully saturated rings. The lowest BCUT2D eigenvalue weighted by Crippen LogP contribution is -2.35. The summed E-state index contributed by atoms with van der Waals surface area (Å²) in [6.07, 6.45) is 4.58. The lowest BCUT2D eigenvalue weighted by molar-refractivity contribution is 0.209. The van der Waals surface area contributed by atoms with Crippen molar-refractivity contribution >= 4 is 23.3 Å². The number of aromatic nitrogens is 2. The Bertz CT molecular complexity index is 611. The molecule has 21 heavy (non-hydrogen) atoms. The van der Waals surface area contributed by atoms with E-state index in [-0.39, 0.29) is 6.03 Å². The minimum absolute atomic E-state index is 0.136. The molecule has 0 unspecified atom stereocenters. The van der Waals surface area contributed by atoms with Crippen LogP contribution < -0.4 is 5.32 Å². The van der Waals surface area contributed by atoms with Crippen molar-refractivity contribution in [1.82, 2.24) is 14.7 Å². The van der Waals surface area contributed by atoms with Gasteiger partial charge in [-0.25, -0.2) is 4.79 Å². The Kier molecular flexibility index (Phi) is 5.22. The highest BCUT2D eigenvalue weighted by atomic mass is 35.5. The fourth-order valence-electron chi connectivity index (χ4n) is 2.07. The van der Waals surface area contributed by atoms with Crippen LogP contribution >= 0.6 is 11.6 Å². The summed E-state index contributed by atoms with van der Waals surface area (Å²) in [5.74, 6) is 0. The van der Waals surface area contributed by atoms with Crippen molar-refractivity contribution in [3.8, 4) is 0 Å². The van der Waals surface area contributed by atoms with E-state index in [0.29, 0.717) is 23.8 Å². The zero-order chi connectivity index (χ0) is 15.2. The fraction of sp³-hybridized carbons (Fsp3) is 0.333. The molecule has 1 N–H and O–H groups in total. The van der Waals surface area contributed by atoms with Gasteiger partial charge in [0.1, 0.15) is 0 Å². The van der Waals surface area contributed by atoms with Crippen LogP contribution in [0.1, 0.15) is 18.9 Å². The maximum Gasteiger partial charge on any atom is 0.322 e. The van der Waals surface area contributed by atoms with E-state index >= 15 is 0 Å². The molecule has 1 aromatic carbocycles. The normalized spacial score (nSPS) is 10.4. The molecule has 0 saturated carbocycles. The van der Waals surface area contributed by atoms with E-state index in [1.54, 1.807) is 27.9 Å². The van der Waals surface area contributed by atoms with Crippen molar-refractivity contribution in [1.29, 1.82) is 0 Å². The van der Waals surface area contributed by atoms with Crippen LogP contribution in [0.25, 0.3) is 0 Å². The molecule has 5 nitrogen and oxygen atoms in total. The van der Waals surface area contributed by atoms with Gasteiger partial charge in [0.2, 0.25) is 0 Å². The molecule has 1 aromatic heterocycles. The highest BCUT2D eigenvalue weighted by Crippen LogP contribution is 2.16. The fourth-order valence-corrected chi connectivity index (χ4v) is 2.26. The molecule has 0 radical (unpaired) electrons. The number of hydrogen-bond acceptors (Lipinski definition) is 2. The second-order valence-electron chi connectivity index (χ2n) is 4.88. The first-order valence-corrected chi connectivity index (χ1v) is 7.25. The number of aryl methyl sites for hydroxylation is 1. The van der Waals surface area contributed by atoms with Crippen molar-refractivity contribution in [3.63, 3.8) is 0 Å². The lowest BCUT2D eigenvalue weighted by Gasteiger charge is -2.22. The summed E-state index contributed by atoms with van der Waals surface area (Å²) < 4.78 is 1.73. The van der Waals surface area contributed by atoms with E-state index in [2.05, 4.69) is 10.4 Å². The predicted molar refractivity (Wildman–Crippen MR) is 84.4 cm³/mol. The molecule has 0 aliphatic carbocycles. The van der Waals surface area contributed by atoms with Gasteiger partial charge in [-0.15, -0.1) is 0 Å². The summed E-state index contributed by atoms with van der Waals surface area (Å²) in [6, 6.07) is 6.99. The highest BCUT2D eigenvalue weighted by molar-refractivity contribution is 6.30. The van der Waals surface area contributed by atoms with Crippen LogP contribution in [0.4, 0.5) is 10.5 Å². The molecule has 1 heterocycles. The van der Waals surface area contributed by atoms with Crippen LogP contribution in [-0.4, -0.2) is 27.3 Å². The minimum Gasteiger partial charge on any atom is -0.320 e. The maximum absolute atomic E-state index is 12.4. The average molecular weight is 307 g/mol. The Morgan fingerprint density at radius 2 is 2.29 bits per heavy atom. The van der Waals surface area contributed by atoms with E-state index in [1.165, 1.54) is 0 Å². The molecular weight excluding hydrogens is 288 g/mol. The quantitative estimate of drug-likeness (QED) is 0.919. The van der Waals surface area contributed by atoms with E-state index in [4.69, 9.17) is 11.6 Å². The maximum atomic E-state index is 12.4. The Labute approximate surface area is 129 Å². The summed E-state index contributed by atoms with van der Waals surface area (Å²) in [7, 11) is 1.86. The van der Waals surface area contributed by atoms with Crippen LogP contribution in [0.5, 0.6) is 0 Å². The van der Waals surface area contributed by atoms with Gasteiger partial charge in [-0.1, -0.05) is 24.6 Å². The third-order valence-corrected chi connectivity index (χ3v) is 3.22. The summed E-state index contributed by atoms with van der Waals surface area (Å²) in [5, 5.41) is 7.59. The number of nitrogens with zero attached hydrogens (tertiary/aromatic N) is 3. The second kappa shape index (κ2) is 7.13. The molecule has 2 aromatic rings. The molecule has 0 bridgehead atoms. The Balaban J connectivity index is 2.04. The topological polar surface area (TPSA) is 50.2 Å². The number of rotatable bonds is 5. The first-order chi connectivity index (χ1) is 10.1. The van der Waals surface area contributed by atoms with Crippen LogP contribution in [0.2, 0.25) is 5.02 Å². The number of amides is 2. The number of hydrogen-bond donors (Lipinski definition) is 1. The number of halogens is 1. The van der Waals surface area contributed by atoms with Crippen molar-refractivity contribution in [2.75, 3.05) is 11.9 Å². The minimum atomic E-state index is -0.136. The molecule has 0 saturated heterocycles. The van der Waals surface area contributed by atoms with Gasteiger partial charge < -0.3 is 10.2 Å². The summed E-state index contributed by atoms with van der Waals surface area (Å²) in [5.41, 5.74) is 1.70. The largest absolute Gasteiger partial charge is 0.322 e. The molecular formula is C15H19ClN4O. The van der Waals surface area contributed by atoms with Gasteiger partial charge in [-0.2, -0.15) is 5.10 Å². The SMILES string of the molecule is CCCN(Cc1cnn(C)c1)C(=O)Nc1cccc(Cl)c1. The molecule has 2 amide bonds. The number of benzene rings is 1. The van der Waals surface area contributed by atoms with Crippen LogP contribution in [0, 0.1) is 0 Å². The number of urea groups is 1. The van der Waals surface area contributed by atoms with Gasteiger partial charge in [0.05, 0.1) is 12.7 Å². The smallest absolute Gasteiger partial charge is 0.320 e. The van der Waals surface area contributed by atoms with Crippen LogP contribution in [0.3, 0.4) is 0 Å². The first-order valence-electron chi connectivity index (χ1n) is 6.87. The average Bonchev–Trinajstić information content (AvgIpc) is 2.84. The van der Waals surface area contributed by atoms with Gasteiger partial charge in [0.25, 0.3) is 0 Å². The molecule has 0 aliphatic rings. The molecule has 2 rings (SSSR count). The van der Waals surface area contributed by atoms with Gasteiger partial charge >= 0.3 is 6.03 Å². The monoisotopic (exact) mass is 306 g/mol. The number of nitrogens with one attached hydrogen (secondary N) is 1. The summed E-state index contributed by atoms with van der Waals surface area (Å²) in [6.45, 7) is 3.26. The number of anilines is 1. The molecule has 112 valence electrons. The highest BCUT2D eigenvalue weighted by Gasteiger charge is 2.14. The predicted octanol–water partition coefficient (Wildman–Crippen LogP) is 3.52. The molecule has 6 heteroatoms. The van der Waals surface area contributed by atoms with Crippen molar-refractivity contribution in [2.24, 2.45) is 7.05 Å². The van der Waals surface area contributed by atoms with Gasteiger partial charge in [0.15, 0.2) is 0 Å². The van der Waals surface area contributed by atoms with Crippen molar-refractivity contribution < 1.29 is 4.79 Å². The van der Waals surface area contributed by atoms with Crippen LogP contribution in [-0.2, 0) is 13.6 Å². The summed E-state index contributed by atoms with van der Waals surface area (Å²) in [4.78, 5) is 14.1. The van der Waals surface area contributed by atoms with Gasteiger partial charge in [-0.3, -0.25) is 4.68 Å². The Hall–Kier alpha value is -2.01. The van der Waals surface area contributed by atoms with E-state index in [9.17, 15) is 4.79 Å². The number of carbonyl (C=O) groups is 1. The van der Waals surface area contributed by atoms with Gasteiger partial charge in [0, 0.05) is 36.1 Å². The van der Waals surface area contributed by atoms with E-state index < -0.39 is 0 Å². The number of carbonyl (C=O) groups excluding carboxylic acids is 1. The molecule has 0 spiro atoms. The van der Waals surface area contributed by atoms with Crippen molar-refractivity contribution in [3.05, 3.63) is 47.2 Å². The van der Waals surface area contributed by atoms with Crippen LogP contribution in [0.15, 0.2) is 36.7 Å². The zero-order valence-electron chi connectivity index (χ0n) is 12.2. The third kappa shape index (κ3) is 4.49. The summed E-state index contributed by atoms with van der Waals surface area (Å²) >= 11 is 5.93. The Morgan fingerprint density at radius 3 is 2.90 bits per heavy atom. The first kappa shape index (κ1) is 15.4. The Morgan fingerprint density at radius 1 is 1.48 bits per heavy atom. The van der Waals surface area contributed by atoms with Gasteiger partial charge in [-0.05, 0) is 24.6 Å². The van der Waals surface area contributed by atoms with E-state index in [1.807, 2.05) is 32.3 Å². The zero-order valence-corrected chi connectivity index (χ0v) is 13.0. The third-order valence-electron chi connectivity index (χ3n) is 2.99. The van der Waals surface area contributed by atoms with E-state index in [0.717, 1.165) is 12.0 Å². The van der Waals surface area contributed by atoms with Crippen molar-refractivity contribution in [2.45, 2.75) is 19.9 Å².